The van der Waals surface area contributed by atoms with Crippen molar-refractivity contribution < 1.29 is 18.7 Å². The molecule has 1 amide bonds. The number of carbonyl (C=O) groups is 1. The molecule has 1 N–H and O–H groups in total. The maximum atomic E-state index is 12.9. The Morgan fingerprint density at radius 2 is 1.93 bits per heavy atom. The molecule has 0 atom stereocenters. The molecule has 0 spiro atoms. The van der Waals surface area contributed by atoms with Crippen LogP contribution in [0.15, 0.2) is 59.5 Å². The average Bonchev–Trinajstić information content (AvgIpc) is 3.22. The molecular weight excluding hydrogens is 344 g/mol. The van der Waals surface area contributed by atoms with E-state index in [9.17, 15) is 4.79 Å². The monoisotopic (exact) mass is 366 g/mol. The van der Waals surface area contributed by atoms with Gasteiger partial charge in [0.1, 0.15) is 11.5 Å². The van der Waals surface area contributed by atoms with Crippen LogP contribution in [0.25, 0.3) is 11.3 Å². The van der Waals surface area contributed by atoms with Crippen molar-refractivity contribution in [1.82, 2.24) is 4.98 Å². The molecule has 2 aromatic carbocycles. The van der Waals surface area contributed by atoms with Gasteiger partial charge in [0.2, 0.25) is 5.91 Å². The number of oxazole rings is 1. The molecule has 0 aliphatic rings. The maximum Gasteiger partial charge on any atom is 0.234 e. The van der Waals surface area contributed by atoms with Gasteiger partial charge in [0.25, 0.3) is 0 Å². The first-order chi connectivity index (χ1) is 13.0. The van der Waals surface area contributed by atoms with Gasteiger partial charge in [-0.05, 0) is 43.7 Å². The second-order valence-corrected chi connectivity index (χ2v) is 6.59. The van der Waals surface area contributed by atoms with E-state index in [1.165, 1.54) is 6.39 Å². The lowest BCUT2D eigenvalue weighted by Crippen LogP contribution is -2.34. The Labute approximate surface area is 158 Å². The van der Waals surface area contributed by atoms with E-state index in [0.717, 1.165) is 11.1 Å². The third-order valence-corrected chi connectivity index (χ3v) is 4.52. The van der Waals surface area contributed by atoms with Crippen LogP contribution in [0.1, 0.15) is 19.4 Å². The second-order valence-electron chi connectivity index (χ2n) is 6.59. The summed E-state index contributed by atoms with van der Waals surface area (Å²) in [5.74, 6) is 1.77. The summed E-state index contributed by atoms with van der Waals surface area (Å²) in [5, 5.41) is 2.96. The van der Waals surface area contributed by atoms with Crippen LogP contribution in [0.2, 0.25) is 0 Å². The van der Waals surface area contributed by atoms with Gasteiger partial charge in [-0.2, -0.15) is 0 Å². The largest absolute Gasteiger partial charge is 0.497 e. The van der Waals surface area contributed by atoms with Gasteiger partial charge in [-0.1, -0.05) is 12.1 Å². The molecule has 0 aliphatic heterocycles. The number of nitrogens with one attached hydrogen (secondary N) is 1. The minimum absolute atomic E-state index is 0.134. The lowest BCUT2D eigenvalue weighted by Gasteiger charge is -2.25. The number of ether oxygens (including phenoxy) is 2. The Kier molecular flexibility index (Phi) is 5.16. The topological polar surface area (TPSA) is 73.6 Å². The molecule has 27 heavy (non-hydrogen) atoms. The zero-order valence-electron chi connectivity index (χ0n) is 15.8. The zero-order chi connectivity index (χ0) is 19.4. The molecule has 0 unspecified atom stereocenters. The van der Waals surface area contributed by atoms with Crippen LogP contribution in [0.4, 0.5) is 5.69 Å². The number of hydrogen-bond donors (Lipinski definition) is 1. The summed E-state index contributed by atoms with van der Waals surface area (Å²) in [7, 11) is 3.18. The van der Waals surface area contributed by atoms with Crippen LogP contribution in [0.5, 0.6) is 11.5 Å². The first kappa shape index (κ1) is 18.5. The molecule has 0 fully saturated rings. The van der Waals surface area contributed by atoms with Gasteiger partial charge >= 0.3 is 0 Å². The molecule has 6 heteroatoms. The normalized spacial score (nSPS) is 11.1. The summed E-state index contributed by atoms with van der Waals surface area (Å²) in [5.41, 5.74) is 1.52. The highest BCUT2D eigenvalue weighted by Gasteiger charge is 2.30. The van der Waals surface area contributed by atoms with Crippen molar-refractivity contribution in [2.45, 2.75) is 19.3 Å². The van der Waals surface area contributed by atoms with Crippen LogP contribution >= 0.6 is 0 Å². The Morgan fingerprint density at radius 1 is 1.11 bits per heavy atom. The lowest BCUT2D eigenvalue weighted by atomic mass is 9.83. The molecular formula is C21H22N2O4. The fraction of sp³-hybridized carbons (Fsp3) is 0.238. The molecule has 0 aliphatic carbocycles. The molecule has 0 radical (unpaired) electrons. The first-order valence-electron chi connectivity index (χ1n) is 8.48. The third-order valence-electron chi connectivity index (χ3n) is 4.52. The molecule has 3 aromatic rings. The Hall–Kier alpha value is -3.28. The van der Waals surface area contributed by atoms with Crippen LogP contribution in [-0.4, -0.2) is 25.1 Å². The SMILES string of the molecule is COc1cccc(C(C)(C)C(=O)Nc2ccc(-c3cnco3)c(OC)c2)c1. The number of anilines is 1. The Balaban J connectivity index is 1.84. The summed E-state index contributed by atoms with van der Waals surface area (Å²) in [4.78, 5) is 16.8. The van der Waals surface area contributed by atoms with Crippen LogP contribution in [0, 0.1) is 0 Å². The van der Waals surface area contributed by atoms with E-state index in [2.05, 4.69) is 10.3 Å². The molecule has 0 saturated carbocycles. The smallest absolute Gasteiger partial charge is 0.234 e. The predicted molar refractivity (Wildman–Crippen MR) is 103 cm³/mol. The predicted octanol–water partition coefficient (Wildman–Crippen LogP) is 4.28. The van der Waals surface area contributed by atoms with Crippen molar-refractivity contribution >= 4 is 11.6 Å². The number of aromatic nitrogens is 1. The fourth-order valence-corrected chi connectivity index (χ4v) is 2.75. The van der Waals surface area contributed by atoms with E-state index < -0.39 is 5.41 Å². The van der Waals surface area contributed by atoms with Gasteiger partial charge in [-0.25, -0.2) is 4.98 Å². The standard InChI is InChI=1S/C21H22N2O4/c1-21(2,14-6-5-7-16(10-14)25-3)20(24)23-15-8-9-17(18(11-15)26-4)19-12-22-13-27-19/h5-13H,1-4H3,(H,23,24). The van der Waals surface area contributed by atoms with Crippen molar-refractivity contribution in [3.8, 4) is 22.8 Å². The second kappa shape index (κ2) is 7.53. The van der Waals surface area contributed by atoms with Crippen LogP contribution in [0.3, 0.4) is 0 Å². The van der Waals surface area contributed by atoms with E-state index in [0.29, 0.717) is 22.9 Å². The highest BCUT2D eigenvalue weighted by atomic mass is 16.5. The van der Waals surface area contributed by atoms with E-state index in [1.54, 1.807) is 32.5 Å². The van der Waals surface area contributed by atoms with Gasteiger partial charge in [0.15, 0.2) is 12.2 Å². The van der Waals surface area contributed by atoms with Crippen molar-refractivity contribution in [2.24, 2.45) is 0 Å². The molecule has 6 nitrogen and oxygen atoms in total. The van der Waals surface area contributed by atoms with Crippen molar-refractivity contribution in [3.63, 3.8) is 0 Å². The van der Waals surface area contributed by atoms with Gasteiger partial charge < -0.3 is 19.2 Å². The van der Waals surface area contributed by atoms with E-state index in [4.69, 9.17) is 13.9 Å². The fourth-order valence-electron chi connectivity index (χ4n) is 2.75. The number of benzene rings is 2. The first-order valence-corrected chi connectivity index (χ1v) is 8.48. The van der Waals surface area contributed by atoms with Gasteiger partial charge in [0, 0.05) is 11.8 Å². The van der Waals surface area contributed by atoms with E-state index in [1.807, 2.05) is 44.2 Å². The minimum atomic E-state index is -0.745. The number of nitrogens with zero attached hydrogens (tertiary/aromatic N) is 1. The zero-order valence-corrected chi connectivity index (χ0v) is 15.8. The summed E-state index contributed by atoms with van der Waals surface area (Å²) >= 11 is 0. The molecule has 0 bridgehead atoms. The van der Waals surface area contributed by atoms with Crippen molar-refractivity contribution in [2.75, 3.05) is 19.5 Å². The molecule has 3 rings (SSSR count). The average molecular weight is 366 g/mol. The third kappa shape index (κ3) is 3.79. The minimum Gasteiger partial charge on any atom is -0.497 e. The van der Waals surface area contributed by atoms with Crippen LogP contribution in [-0.2, 0) is 10.2 Å². The highest BCUT2D eigenvalue weighted by Crippen LogP contribution is 2.33. The Bertz CT molecular complexity index is 933. The lowest BCUT2D eigenvalue weighted by molar-refractivity contribution is -0.120. The summed E-state index contributed by atoms with van der Waals surface area (Å²) in [6, 6.07) is 12.9. The highest BCUT2D eigenvalue weighted by molar-refractivity contribution is 5.99. The van der Waals surface area contributed by atoms with E-state index in [-0.39, 0.29) is 5.91 Å². The maximum absolute atomic E-state index is 12.9. The van der Waals surface area contributed by atoms with Gasteiger partial charge in [-0.3, -0.25) is 4.79 Å². The number of amides is 1. The molecule has 1 aromatic heterocycles. The number of methoxy groups -OCH3 is 2. The van der Waals surface area contributed by atoms with Gasteiger partial charge in [0.05, 0.1) is 31.4 Å². The van der Waals surface area contributed by atoms with Crippen molar-refractivity contribution in [3.05, 3.63) is 60.6 Å². The summed E-state index contributed by atoms with van der Waals surface area (Å²) in [6.45, 7) is 3.74. The molecule has 0 saturated heterocycles. The molecule has 140 valence electrons. The summed E-state index contributed by atoms with van der Waals surface area (Å²) < 4.78 is 16.0. The van der Waals surface area contributed by atoms with Crippen LogP contribution < -0.4 is 14.8 Å². The number of hydrogen-bond acceptors (Lipinski definition) is 5. The summed E-state index contributed by atoms with van der Waals surface area (Å²) in [6.07, 6.45) is 2.98. The number of rotatable bonds is 6. The molecule has 1 heterocycles. The van der Waals surface area contributed by atoms with Crippen molar-refractivity contribution in [1.29, 1.82) is 0 Å². The van der Waals surface area contributed by atoms with E-state index >= 15 is 0 Å². The quantitative estimate of drug-likeness (QED) is 0.705. The Morgan fingerprint density at radius 3 is 2.59 bits per heavy atom. The van der Waals surface area contributed by atoms with Gasteiger partial charge in [-0.15, -0.1) is 0 Å². The number of carbonyl (C=O) groups excluding carboxylic acids is 1.